The van der Waals surface area contributed by atoms with E-state index in [4.69, 9.17) is 23.4 Å². The Morgan fingerprint density at radius 3 is 2.06 bits per heavy atom. The number of benzene rings is 5. The highest BCUT2D eigenvalue weighted by atomic mass is 16.6. The van der Waals surface area contributed by atoms with E-state index in [-0.39, 0.29) is 63.1 Å². The fourth-order valence-electron chi connectivity index (χ4n) is 5.81. The van der Waals surface area contributed by atoms with Gasteiger partial charge in [0.1, 0.15) is 35.4 Å². The Kier molecular flexibility index (Phi) is 9.88. The average molecular weight is 741 g/mol. The van der Waals surface area contributed by atoms with Gasteiger partial charge in [0.05, 0.1) is 30.7 Å². The van der Waals surface area contributed by atoms with Gasteiger partial charge in [-0.2, -0.15) is 0 Å². The Balaban J connectivity index is 0.000000197. The topological polar surface area (TPSA) is 246 Å². The Labute approximate surface area is 304 Å². The molecule has 0 bridgehead atoms. The quantitative estimate of drug-likeness (QED) is 0.0753. The molecule has 1 aromatic heterocycles. The third-order valence-corrected chi connectivity index (χ3v) is 8.54. The highest BCUT2D eigenvalue weighted by Gasteiger charge is 2.37. The lowest BCUT2D eigenvalue weighted by atomic mass is 9.93. The average Bonchev–Trinajstić information content (AvgIpc) is 3.15. The van der Waals surface area contributed by atoms with Crippen LogP contribution in [0.3, 0.4) is 0 Å². The van der Waals surface area contributed by atoms with Gasteiger partial charge in [-0.15, -0.1) is 0 Å². The van der Waals surface area contributed by atoms with Crippen molar-refractivity contribution in [3.8, 4) is 74.4 Å². The first kappa shape index (κ1) is 36.4. The predicted molar refractivity (Wildman–Crippen MR) is 190 cm³/mol. The van der Waals surface area contributed by atoms with Crippen LogP contribution in [0.5, 0.6) is 63.2 Å². The number of hydrogen-bond donors (Lipinski definition) is 8. The molecule has 15 nitrogen and oxygen atoms in total. The first-order valence-electron chi connectivity index (χ1n) is 15.9. The first-order valence-corrected chi connectivity index (χ1v) is 15.9. The molecule has 2 heterocycles. The minimum Gasteiger partial charge on any atom is -0.508 e. The second-order valence-electron chi connectivity index (χ2n) is 11.9. The van der Waals surface area contributed by atoms with E-state index in [2.05, 4.69) is 0 Å². The van der Waals surface area contributed by atoms with Crippen LogP contribution in [0.15, 0.2) is 94.3 Å². The summed E-state index contributed by atoms with van der Waals surface area (Å²) in [4.78, 5) is 25.3. The molecule has 0 radical (unpaired) electrons. The third kappa shape index (κ3) is 7.05. The first-order chi connectivity index (χ1) is 25.8. The zero-order valence-electron chi connectivity index (χ0n) is 28.4. The zero-order chi connectivity index (χ0) is 38.8. The van der Waals surface area contributed by atoms with Crippen LogP contribution >= 0.6 is 0 Å². The van der Waals surface area contributed by atoms with Crippen molar-refractivity contribution in [3.63, 3.8) is 0 Å². The van der Waals surface area contributed by atoms with Crippen LogP contribution in [0.2, 0.25) is 0 Å². The zero-order valence-corrected chi connectivity index (χ0v) is 28.4. The lowest BCUT2D eigenvalue weighted by Gasteiger charge is -2.34. The van der Waals surface area contributed by atoms with Gasteiger partial charge in [0, 0.05) is 29.7 Å². The van der Waals surface area contributed by atoms with E-state index in [1.54, 1.807) is 31.4 Å². The second kappa shape index (κ2) is 14.7. The summed E-state index contributed by atoms with van der Waals surface area (Å²) in [5, 5.41) is 78.3. The number of carbonyl (C=O) groups excluding carboxylic acids is 1. The number of rotatable bonds is 6. The van der Waals surface area contributed by atoms with E-state index in [1.807, 2.05) is 0 Å². The summed E-state index contributed by atoms with van der Waals surface area (Å²) in [5.41, 5.74) is 1.52. The maximum absolute atomic E-state index is 12.7. The fourth-order valence-corrected chi connectivity index (χ4v) is 5.81. The molecular weight excluding hydrogens is 708 g/mol. The van der Waals surface area contributed by atoms with E-state index in [9.17, 15) is 50.4 Å². The molecule has 6 aromatic rings. The van der Waals surface area contributed by atoms with Crippen molar-refractivity contribution < 1.29 is 69.0 Å². The van der Waals surface area contributed by atoms with E-state index in [1.165, 1.54) is 49.8 Å². The summed E-state index contributed by atoms with van der Waals surface area (Å²) in [5.74, 6) is -3.65. The molecule has 0 saturated carbocycles. The summed E-state index contributed by atoms with van der Waals surface area (Å²) in [7, 11) is 2.99. The van der Waals surface area contributed by atoms with Crippen LogP contribution in [0, 0.1) is 0 Å². The number of aromatic hydroxyl groups is 8. The predicted octanol–water partition coefficient (Wildman–Crippen LogP) is 5.71. The molecule has 54 heavy (non-hydrogen) atoms. The number of esters is 1. The Morgan fingerprint density at radius 2 is 1.41 bits per heavy atom. The lowest BCUT2D eigenvalue weighted by molar-refractivity contribution is -0.0189. The molecule has 2 unspecified atom stereocenters. The molecule has 2 atom stereocenters. The molecule has 0 saturated heterocycles. The molecule has 5 aromatic carbocycles. The summed E-state index contributed by atoms with van der Waals surface area (Å²) in [6.45, 7) is 0. The van der Waals surface area contributed by atoms with Gasteiger partial charge in [0.15, 0.2) is 46.2 Å². The number of fused-ring (bicyclic) bond motifs is 2. The van der Waals surface area contributed by atoms with Gasteiger partial charge in [0.25, 0.3) is 0 Å². The van der Waals surface area contributed by atoms with Crippen LogP contribution in [-0.2, 0) is 11.2 Å². The maximum atomic E-state index is 12.7. The van der Waals surface area contributed by atoms with Gasteiger partial charge in [0.2, 0.25) is 11.2 Å². The van der Waals surface area contributed by atoms with E-state index < -0.39 is 41.2 Å². The van der Waals surface area contributed by atoms with Gasteiger partial charge in [-0.3, -0.25) is 4.79 Å². The van der Waals surface area contributed by atoms with Gasteiger partial charge in [-0.1, -0.05) is 18.2 Å². The van der Waals surface area contributed by atoms with Crippen molar-refractivity contribution in [2.75, 3.05) is 14.2 Å². The van der Waals surface area contributed by atoms with Crippen LogP contribution in [0.1, 0.15) is 27.6 Å². The number of ether oxygens (including phenoxy) is 4. The fraction of sp³-hybridized carbons (Fsp3) is 0.128. The number of phenols is 8. The van der Waals surface area contributed by atoms with Crippen molar-refractivity contribution in [3.05, 3.63) is 112 Å². The number of methoxy groups -OCH3 is 2. The van der Waals surface area contributed by atoms with E-state index in [0.29, 0.717) is 22.3 Å². The monoisotopic (exact) mass is 740 g/mol. The lowest BCUT2D eigenvalue weighted by Crippen LogP contribution is -2.34. The molecule has 7 rings (SSSR count). The van der Waals surface area contributed by atoms with Crippen molar-refractivity contribution in [2.24, 2.45) is 0 Å². The summed E-state index contributed by atoms with van der Waals surface area (Å²) in [6, 6.07) is 18.1. The van der Waals surface area contributed by atoms with Crippen molar-refractivity contribution in [2.45, 2.75) is 18.6 Å². The van der Waals surface area contributed by atoms with Crippen LogP contribution < -0.4 is 19.6 Å². The second-order valence-corrected chi connectivity index (χ2v) is 11.9. The van der Waals surface area contributed by atoms with Crippen LogP contribution in [0.4, 0.5) is 0 Å². The van der Waals surface area contributed by atoms with E-state index >= 15 is 0 Å². The van der Waals surface area contributed by atoms with Gasteiger partial charge in [-0.25, -0.2) is 4.79 Å². The van der Waals surface area contributed by atoms with Crippen LogP contribution in [0.25, 0.3) is 22.1 Å². The molecule has 1 aliphatic heterocycles. The molecule has 278 valence electrons. The summed E-state index contributed by atoms with van der Waals surface area (Å²) in [6.07, 6.45) is -0.754. The smallest absolute Gasteiger partial charge is 0.338 e. The molecule has 1 aliphatic rings. The molecule has 15 heteroatoms. The minimum absolute atomic E-state index is 0.0461. The van der Waals surface area contributed by atoms with E-state index in [0.717, 1.165) is 23.8 Å². The highest BCUT2D eigenvalue weighted by Crippen LogP contribution is 2.44. The molecular formula is C39H32O15. The standard InChI is InChI=1S/C22H18O10.C17H14O5/c23-11-6-14(25)12-8-19(32-22(30)10-4-16(27)20(29)17(28)5-10)21(31-18(12)7-11)9-1-2-13(24)15(26)3-9;1-20-11-5-3-10(4-6-11)13-9-22-16-12(15(13)19)7-8-14(18)17(16)21-2/h1-7,19,21,23-29H,8H2;3-9,18H,1-2H3. The molecule has 8 N–H and O–H groups in total. The molecule has 0 amide bonds. The van der Waals surface area contributed by atoms with Gasteiger partial charge < -0.3 is 64.2 Å². The Morgan fingerprint density at radius 1 is 0.722 bits per heavy atom. The van der Waals surface area contributed by atoms with Crippen molar-refractivity contribution >= 4 is 16.9 Å². The Hall–Kier alpha value is -7.42. The van der Waals surface area contributed by atoms with Crippen molar-refractivity contribution in [1.82, 2.24) is 0 Å². The Bertz CT molecular complexity index is 2410. The van der Waals surface area contributed by atoms with Gasteiger partial charge in [-0.05, 0) is 54.1 Å². The van der Waals surface area contributed by atoms with Crippen LogP contribution in [-0.4, -0.2) is 67.1 Å². The minimum atomic E-state index is -1.06. The molecule has 0 spiro atoms. The number of hydrogen-bond acceptors (Lipinski definition) is 15. The number of phenolic OH excluding ortho intramolecular Hbond substituents is 8. The normalized spacial score (nSPS) is 14.6. The summed E-state index contributed by atoms with van der Waals surface area (Å²) < 4.78 is 27.1. The number of carbonyl (C=O) groups is 1. The third-order valence-electron chi connectivity index (χ3n) is 8.54. The molecule has 0 aliphatic carbocycles. The van der Waals surface area contributed by atoms with Crippen molar-refractivity contribution in [1.29, 1.82) is 0 Å². The molecule has 0 fully saturated rings. The maximum Gasteiger partial charge on any atom is 0.338 e. The SMILES string of the molecule is COc1ccc(-c2coc3c(OC)c(O)ccc3c2=O)cc1.O=C(OC1Cc2c(O)cc(O)cc2OC1c1ccc(O)c(O)c1)c1cc(O)c(O)c(O)c1. The van der Waals surface area contributed by atoms with Gasteiger partial charge >= 0.3 is 5.97 Å². The highest BCUT2D eigenvalue weighted by molar-refractivity contribution is 5.91. The largest absolute Gasteiger partial charge is 0.508 e. The summed E-state index contributed by atoms with van der Waals surface area (Å²) >= 11 is 0.